The van der Waals surface area contributed by atoms with Crippen molar-refractivity contribution in [1.82, 2.24) is 10.2 Å². The van der Waals surface area contributed by atoms with Crippen molar-refractivity contribution in [3.63, 3.8) is 0 Å². The third kappa shape index (κ3) is 6.85. The molecule has 0 aromatic heterocycles. The lowest BCUT2D eigenvalue weighted by Gasteiger charge is -2.40. The quantitative estimate of drug-likeness (QED) is 0.453. The molecule has 0 bridgehead atoms. The van der Waals surface area contributed by atoms with Gasteiger partial charge in [0.2, 0.25) is 5.91 Å². The molecule has 0 saturated carbocycles. The van der Waals surface area contributed by atoms with Crippen molar-refractivity contribution in [2.45, 2.75) is 31.0 Å². The Balaban J connectivity index is 0.00000408. The molecule has 184 valence electrons. The minimum absolute atomic E-state index is 0. The first-order valence-electron chi connectivity index (χ1n) is 9.80. The van der Waals surface area contributed by atoms with Crippen molar-refractivity contribution in [2.24, 2.45) is 0 Å². The summed E-state index contributed by atoms with van der Waals surface area (Å²) < 4.78 is 83.8. The van der Waals surface area contributed by atoms with E-state index < -0.39 is 42.2 Å². The Morgan fingerprint density at radius 3 is 2.15 bits per heavy atom. The molecular formula is C22H20ClF6N3O2. The summed E-state index contributed by atoms with van der Waals surface area (Å²) in [6.07, 6.45) is -9.91. The topological polar surface area (TPSA) is 65.4 Å². The van der Waals surface area contributed by atoms with Gasteiger partial charge >= 0.3 is 12.4 Å². The maximum absolute atomic E-state index is 13.1. The Morgan fingerprint density at radius 2 is 1.62 bits per heavy atom. The number of hydrogen-bond donors (Lipinski definition) is 1. The SMILES string of the molecule is Cl.N#CCN1CC(=O)NC(COCc2cc(C(F)(F)F)cc(C(F)(F)F)c2)C1c1ccccc1. The van der Waals surface area contributed by atoms with Gasteiger partial charge in [0.05, 0.1) is 55.6 Å². The number of nitrogens with zero attached hydrogens (tertiary/aromatic N) is 2. The number of benzene rings is 2. The zero-order valence-corrected chi connectivity index (χ0v) is 18.3. The highest BCUT2D eigenvalue weighted by Gasteiger charge is 2.38. The van der Waals surface area contributed by atoms with E-state index in [-0.39, 0.29) is 49.6 Å². The first-order chi connectivity index (χ1) is 15.5. The van der Waals surface area contributed by atoms with Crippen molar-refractivity contribution in [3.8, 4) is 6.07 Å². The van der Waals surface area contributed by atoms with Crippen LogP contribution >= 0.6 is 12.4 Å². The summed E-state index contributed by atoms with van der Waals surface area (Å²) in [7, 11) is 0. The first kappa shape index (κ1) is 27.4. The second kappa shape index (κ2) is 11.1. The van der Waals surface area contributed by atoms with E-state index >= 15 is 0 Å². The fraction of sp³-hybridized carbons (Fsp3) is 0.364. The monoisotopic (exact) mass is 507 g/mol. The molecule has 2 atom stereocenters. The molecule has 1 heterocycles. The largest absolute Gasteiger partial charge is 0.416 e. The molecule has 1 aliphatic rings. The number of carbonyl (C=O) groups is 1. The van der Waals surface area contributed by atoms with E-state index in [0.717, 1.165) is 5.56 Å². The first-order valence-corrected chi connectivity index (χ1v) is 9.80. The van der Waals surface area contributed by atoms with Crippen LogP contribution in [0.1, 0.15) is 28.3 Å². The van der Waals surface area contributed by atoms with E-state index in [0.29, 0.717) is 12.1 Å². The van der Waals surface area contributed by atoms with E-state index in [1.54, 1.807) is 35.2 Å². The van der Waals surface area contributed by atoms with Gasteiger partial charge < -0.3 is 10.1 Å². The third-order valence-electron chi connectivity index (χ3n) is 5.10. The molecule has 12 heteroatoms. The van der Waals surface area contributed by atoms with Gasteiger partial charge in [-0.1, -0.05) is 30.3 Å². The number of carbonyl (C=O) groups excluding carboxylic acids is 1. The molecule has 1 aliphatic heterocycles. The minimum atomic E-state index is -4.95. The van der Waals surface area contributed by atoms with Crippen LogP contribution in [0.5, 0.6) is 0 Å². The van der Waals surface area contributed by atoms with E-state index in [2.05, 4.69) is 5.32 Å². The predicted octanol–water partition coefficient (Wildman–Crippen LogP) is 4.73. The van der Waals surface area contributed by atoms with Crippen molar-refractivity contribution in [2.75, 3.05) is 19.7 Å². The van der Waals surface area contributed by atoms with Crippen LogP contribution in [0.25, 0.3) is 0 Å². The highest BCUT2D eigenvalue weighted by Crippen LogP contribution is 2.36. The fourth-order valence-electron chi connectivity index (χ4n) is 3.75. The van der Waals surface area contributed by atoms with Crippen LogP contribution in [0.4, 0.5) is 26.3 Å². The van der Waals surface area contributed by atoms with Gasteiger partial charge in [-0.2, -0.15) is 31.6 Å². The van der Waals surface area contributed by atoms with Crippen LogP contribution in [0.2, 0.25) is 0 Å². The molecule has 2 aromatic rings. The van der Waals surface area contributed by atoms with E-state index in [4.69, 9.17) is 10.00 Å². The van der Waals surface area contributed by atoms with Crippen LogP contribution in [-0.4, -0.2) is 36.5 Å². The summed E-state index contributed by atoms with van der Waals surface area (Å²) in [4.78, 5) is 13.7. The number of rotatable bonds is 6. The number of ether oxygens (including phenoxy) is 1. The molecule has 2 aromatic carbocycles. The predicted molar refractivity (Wildman–Crippen MR) is 112 cm³/mol. The van der Waals surface area contributed by atoms with Crippen molar-refractivity contribution in [3.05, 3.63) is 70.8 Å². The summed E-state index contributed by atoms with van der Waals surface area (Å²) in [5.74, 6) is -0.371. The van der Waals surface area contributed by atoms with Gasteiger partial charge in [-0.3, -0.25) is 9.69 Å². The maximum Gasteiger partial charge on any atom is 0.416 e. The average Bonchev–Trinajstić information content (AvgIpc) is 2.73. The standard InChI is InChI=1S/C22H19F6N3O2.ClH/c23-21(24,25)16-8-14(9-17(10-16)22(26,27)28)12-33-13-18-20(15-4-2-1-3-5-15)31(7-6-29)11-19(32)30-18;/h1-5,8-10,18,20H,7,11-13H2,(H,30,32);1H. The number of alkyl halides is 6. The van der Waals surface area contributed by atoms with Crippen LogP contribution in [0.3, 0.4) is 0 Å². The minimum Gasteiger partial charge on any atom is -0.375 e. The molecule has 1 amide bonds. The van der Waals surface area contributed by atoms with E-state index in [1.807, 2.05) is 6.07 Å². The van der Waals surface area contributed by atoms with Crippen LogP contribution in [0, 0.1) is 11.3 Å². The number of hydrogen-bond acceptors (Lipinski definition) is 4. The summed E-state index contributed by atoms with van der Waals surface area (Å²) in [6.45, 7) is -0.803. The molecule has 2 unspecified atom stereocenters. The van der Waals surface area contributed by atoms with Gasteiger partial charge in [0, 0.05) is 0 Å². The summed E-state index contributed by atoms with van der Waals surface area (Å²) in [5.41, 5.74) is -2.38. The molecule has 0 radical (unpaired) electrons. The van der Waals surface area contributed by atoms with Crippen molar-refractivity contribution >= 4 is 18.3 Å². The molecule has 1 saturated heterocycles. The second-order valence-electron chi connectivity index (χ2n) is 7.52. The number of halogens is 7. The van der Waals surface area contributed by atoms with Gasteiger partial charge in [-0.25, -0.2) is 0 Å². The number of nitriles is 1. The van der Waals surface area contributed by atoms with Crippen molar-refractivity contribution in [1.29, 1.82) is 5.26 Å². The Bertz CT molecular complexity index is 992. The second-order valence-corrected chi connectivity index (χ2v) is 7.52. The fourth-order valence-corrected chi connectivity index (χ4v) is 3.75. The van der Waals surface area contributed by atoms with E-state index in [9.17, 15) is 31.1 Å². The van der Waals surface area contributed by atoms with Crippen molar-refractivity contribution < 1.29 is 35.9 Å². The van der Waals surface area contributed by atoms with Crippen LogP contribution in [-0.2, 0) is 28.5 Å². The molecule has 1 N–H and O–H groups in total. The van der Waals surface area contributed by atoms with Gasteiger partial charge in [0.25, 0.3) is 0 Å². The van der Waals surface area contributed by atoms with Gasteiger partial charge in [0.1, 0.15) is 0 Å². The van der Waals surface area contributed by atoms with Gasteiger partial charge in [-0.05, 0) is 29.3 Å². The highest BCUT2D eigenvalue weighted by molar-refractivity contribution is 5.85. The number of nitrogens with one attached hydrogen (secondary N) is 1. The summed E-state index contributed by atoms with van der Waals surface area (Å²) in [6, 6.07) is 11.0. The van der Waals surface area contributed by atoms with Crippen LogP contribution < -0.4 is 5.32 Å². The Labute approximate surface area is 197 Å². The summed E-state index contributed by atoms with van der Waals surface area (Å²) >= 11 is 0. The molecule has 1 fully saturated rings. The Morgan fingerprint density at radius 1 is 1.03 bits per heavy atom. The van der Waals surface area contributed by atoms with Gasteiger partial charge in [-0.15, -0.1) is 12.4 Å². The average molecular weight is 508 g/mol. The lowest BCUT2D eigenvalue weighted by Crippen LogP contribution is -2.57. The molecule has 5 nitrogen and oxygen atoms in total. The number of amides is 1. The Hall–Kier alpha value is -2.81. The summed E-state index contributed by atoms with van der Waals surface area (Å²) in [5, 5.41) is 11.9. The Kier molecular flexibility index (Phi) is 8.94. The third-order valence-corrected chi connectivity index (χ3v) is 5.10. The smallest absolute Gasteiger partial charge is 0.375 e. The normalized spacial score (nSPS) is 19.1. The molecule has 0 spiro atoms. The van der Waals surface area contributed by atoms with Gasteiger partial charge in [0.15, 0.2) is 0 Å². The molecule has 0 aliphatic carbocycles. The highest BCUT2D eigenvalue weighted by atomic mass is 35.5. The lowest BCUT2D eigenvalue weighted by molar-refractivity contribution is -0.143. The molecule has 3 rings (SSSR count). The van der Waals surface area contributed by atoms with Crippen LogP contribution in [0.15, 0.2) is 48.5 Å². The number of piperazine rings is 1. The lowest BCUT2D eigenvalue weighted by atomic mass is 9.95. The zero-order valence-electron chi connectivity index (χ0n) is 17.5. The maximum atomic E-state index is 13.1. The molecule has 34 heavy (non-hydrogen) atoms. The molecular weight excluding hydrogens is 488 g/mol. The van der Waals surface area contributed by atoms with E-state index in [1.165, 1.54) is 0 Å². The zero-order chi connectivity index (χ0) is 24.2.